The molecule has 2 nitrogen and oxygen atoms in total. The van der Waals surface area contributed by atoms with Crippen LogP contribution in [-0.2, 0) is 0 Å². The molecule has 0 unspecified atom stereocenters. The van der Waals surface area contributed by atoms with E-state index in [-0.39, 0.29) is 0 Å². The molecule has 0 radical (unpaired) electrons. The number of anilines is 1. The van der Waals surface area contributed by atoms with Gasteiger partial charge >= 0.3 is 0 Å². The van der Waals surface area contributed by atoms with E-state index < -0.39 is 0 Å². The molecular formula is C14H19ClN2S. The Labute approximate surface area is 117 Å². The maximum atomic E-state index is 6.13. The average Bonchev–Trinajstić information content (AvgIpc) is 2.72. The standard InChI is InChI=1S/C14H19ClN2S/c1-10(2)6-3-4-9-16-14-17-12-8-5-7-11(15)13(12)18-14/h5,7-8,10H,3-4,6,9H2,1-2H3,(H,16,17). The Morgan fingerprint density at radius 1 is 1.33 bits per heavy atom. The highest BCUT2D eigenvalue weighted by atomic mass is 35.5. The summed E-state index contributed by atoms with van der Waals surface area (Å²) < 4.78 is 1.07. The molecule has 0 aliphatic carbocycles. The number of nitrogens with one attached hydrogen (secondary N) is 1. The normalized spacial score (nSPS) is 11.3. The Kier molecular flexibility index (Phi) is 4.84. The highest BCUT2D eigenvalue weighted by Crippen LogP contribution is 2.31. The Balaban J connectivity index is 1.87. The molecule has 0 atom stereocenters. The van der Waals surface area contributed by atoms with Gasteiger partial charge in [0, 0.05) is 6.54 Å². The van der Waals surface area contributed by atoms with Crippen molar-refractivity contribution in [2.45, 2.75) is 33.1 Å². The molecule has 1 N–H and O–H groups in total. The lowest BCUT2D eigenvalue weighted by Crippen LogP contribution is -2.01. The average molecular weight is 283 g/mol. The van der Waals surface area contributed by atoms with Crippen LogP contribution in [0.2, 0.25) is 5.02 Å². The minimum absolute atomic E-state index is 0.790. The SMILES string of the molecule is CC(C)CCCCNc1nc2cccc(Cl)c2s1. The van der Waals surface area contributed by atoms with Gasteiger partial charge in [0.15, 0.2) is 5.13 Å². The van der Waals surface area contributed by atoms with E-state index in [0.717, 1.165) is 32.8 Å². The van der Waals surface area contributed by atoms with E-state index in [2.05, 4.69) is 24.1 Å². The van der Waals surface area contributed by atoms with Crippen LogP contribution in [-0.4, -0.2) is 11.5 Å². The summed E-state index contributed by atoms with van der Waals surface area (Å²) in [5.41, 5.74) is 0.984. The van der Waals surface area contributed by atoms with Crippen molar-refractivity contribution in [2.75, 3.05) is 11.9 Å². The van der Waals surface area contributed by atoms with Crippen molar-refractivity contribution in [3.63, 3.8) is 0 Å². The molecule has 0 bridgehead atoms. The fourth-order valence-electron chi connectivity index (χ4n) is 1.86. The molecule has 0 saturated carbocycles. The van der Waals surface area contributed by atoms with Crippen molar-refractivity contribution in [3.8, 4) is 0 Å². The first-order valence-electron chi connectivity index (χ1n) is 6.45. The first-order chi connectivity index (χ1) is 8.66. The van der Waals surface area contributed by atoms with E-state index in [4.69, 9.17) is 11.6 Å². The van der Waals surface area contributed by atoms with Crippen LogP contribution in [0.3, 0.4) is 0 Å². The zero-order valence-corrected chi connectivity index (χ0v) is 12.4. The number of halogens is 1. The molecular weight excluding hydrogens is 264 g/mol. The fourth-order valence-corrected chi connectivity index (χ4v) is 3.04. The van der Waals surface area contributed by atoms with Gasteiger partial charge in [-0.25, -0.2) is 4.98 Å². The van der Waals surface area contributed by atoms with Crippen LogP contribution < -0.4 is 5.32 Å². The summed E-state index contributed by atoms with van der Waals surface area (Å²) in [5.74, 6) is 0.797. The van der Waals surface area contributed by atoms with Gasteiger partial charge in [0.25, 0.3) is 0 Å². The number of nitrogens with zero attached hydrogens (tertiary/aromatic N) is 1. The highest BCUT2D eigenvalue weighted by molar-refractivity contribution is 7.22. The lowest BCUT2D eigenvalue weighted by Gasteiger charge is -2.04. The second-order valence-electron chi connectivity index (χ2n) is 4.92. The zero-order valence-electron chi connectivity index (χ0n) is 10.9. The van der Waals surface area contributed by atoms with E-state index in [9.17, 15) is 0 Å². The van der Waals surface area contributed by atoms with Gasteiger partial charge in [-0.05, 0) is 24.5 Å². The van der Waals surface area contributed by atoms with Crippen LogP contribution in [0.5, 0.6) is 0 Å². The number of rotatable bonds is 6. The number of hydrogen-bond donors (Lipinski definition) is 1. The van der Waals surface area contributed by atoms with Crippen molar-refractivity contribution >= 4 is 38.3 Å². The van der Waals surface area contributed by atoms with Crippen LogP contribution in [0.25, 0.3) is 10.2 Å². The molecule has 0 amide bonds. The first kappa shape index (κ1) is 13.6. The highest BCUT2D eigenvalue weighted by Gasteiger charge is 2.05. The first-order valence-corrected chi connectivity index (χ1v) is 7.65. The molecule has 0 saturated heterocycles. The molecule has 0 aliphatic heterocycles. The molecule has 1 aromatic heterocycles. The minimum atomic E-state index is 0.790. The fraction of sp³-hybridized carbons (Fsp3) is 0.500. The van der Waals surface area contributed by atoms with E-state index in [0.29, 0.717) is 0 Å². The van der Waals surface area contributed by atoms with Crippen LogP contribution >= 0.6 is 22.9 Å². The monoisotopic (exact) mass is 282 g/mol. The Bertz CT molecular complexity index is 507. The van der Waals surface area contributed by atoms with Crippen molar-refractivity contribution < 1.29 is 0 Å². The molecule has 18 heavy (non-hydrogen) atoms. The lowest BCUT2D eigenvalue weighted by molar-refractivity contribution is 0.545. The van der Waals surface area contributed by atoms with Crippen LogP contribution in [0.4, 0.5) is 5.13 Å². The molecule has 1 aromatic carbocycles. The summed E-state index contributed by atoms with van der Waals surface area (Å²) in [6.45, 7) is 5.52. The molecule has 2 aromatic rings. The van der Waals surface area contributed by atoms with Gasteiger partial charge in [-0.3, -0.25) is 0 Å². The third-order valence-electron chi connectivity index (χ3n) is 2.85. The summed E-state index contributed by atoms with van der Waals surface area (Å²) in [7, 11) is 0. The molecule has 4 heteroatoms. The van der Waals surface area contributed by atoms with Gasteiger partial charge in [0.05, 0.1) is 15.2 Å². The molecule has 0 aliphatic rings. The van der Waals surface area contributed by atoms with Crippen LogP contribution in [0, 0.1) is 5.92 Å². The van der Waals surface area contributed by atoms with Crippen molar-refractivity contribution in [2.24, 2.45) is 5.92 Å². The molecule has 2 rings (SSSR count). The van der Waals surface area contributed by atoms with Crippen LogP contribution in [0.15, 0.2) is 18.2 Å². The second kappa shape index (κ2) is 6.39. The van der Waals surface area contributed by atoms with E-state index in [1.165, 1.54) is 19.3 Å². The third kappa shape index (κ3) is 3.59. The van der Waals surface area contributed by atoms with Crippen molar-refractivity contribution in [1.82, 2.24) is 4.98 Å². The Morgan fingerprint density at radius 2 is 2.17 bits per heavy atom. The van der Waals surface area contributed by atoms with Crippen LogP contribution in [0.1, 0.15) is 33.1 Å². The van der Waals surface area contributed by atoms with Gasteiger partial charge < -0.3 is 5.32 Å². The van der Waals surface area contributed by atoms with Crippen molar-refractivity contribution in [3.05, 3.63) is 23.2 Å². The van der Waals surface area contributed by atoms with Gasteiger partial charge in [0.1, 0.15) is 0 Å². The minimum Gasteiger partial charge on any atom is -0.361 e. The number of fused-ring (bicyclic) bond motifs is 1. The Morgan fingerprint density at radius 3 is 2.89 bits per heavy atom. The summed E-state index contributed by atoms with van der Waals surface area (Å²) in [6.07, 6.45) is 3.77. The maximum absolute atomic E-state index is 6.13. The zero-order chi connectivity index (χ0) is 13.0. The van der Waals surface area contributed by atoms with Crippen molar-refractivity contribution in [1.29, 1.82) is 0 Å². The molecule has 98 valence electrons. The number of aromatic nitrogens is 1. The lowest BCUT2D eigenvalue weighted by atomic mass is 10.1. The maximum Gasteiger partial charge on any atom is 0.183 e. The molecule has 0 spiro atoms. The summed E-state index contributed by atoms with van der Waals surface area (Å²) in [5, 5.41) is 5.15. The number of benzene rings is 1. The predicted molar refractivity (Wildman–Crippen MR) is 81.8 cm³/mol. The van der Waals surface area contributed by atoms with Gasteiger partial charge in [-0.2, -0.15) is 0 Å². The summed E-state index contributed by atoms with van der Waals surface area (Å²) >= 11 is 7.77. The smallest absolute Gasteiger partial charge is 0.183 e. The summed E-state index contributed by atoms with van der Waals surface area (Å²) in [6, 6.07) is 5.85. The molecule has 1 heterocycles. The largest absolute Gasteiger partial charge is 0.361 e. The quantitative estimate of drug-likeness (QED) is 0.738. The third-order valence-corrected chi connectivity index (χ3v) is 4.34. The predicted octanol–water partition coefficient (Wildman–Crippen LogP) is 5.19. The second-order valence-corrected chi connectivity index (χ2v) is 6.33. The number of thiazole rings is 1. The molecule has 0 fully saturated rings. The number of hydrogen-bond acceptors (Lipinski definition) is 3. The summed E-state index contributed by atoms with van der Waals surface area (Å²) in [4.78, 5) is 4.53. The Hall–Kier alpha value is -0.800. The van der Waals surface area contributed by atoms with Gasteiger partial charge in [-0.15, -0.1) is 0 Å². The number of unbranched alkanes of at least 4 members (excludes halogenated alkanes) is 1. The topological polar surface area (TPSA) is 24.9 Å². The van der Waals surface area contributed by atoms with E-state index in [1.54, 1.807) is 11.3 Å². The van der Waals surface area contributed by atoms with E-state index in [1.807, 2.05) is 18.2 Å². The van der Waals surface area contributed by atoms with Gasteiger partial charge in [-0.1, -0.05) is 55.7 Å². The van der Waals surface area contributed by atoms with Gasteiger partial charge in [0.2, 0.25) is 0 Å². The van der Waals surface area contributed by atoms with E-state index >= 15 is 0 Å².